The summed E-state index contributed by atoms with van der Waals surface area (Å²) in [7, 11) is 0. The first-order valence-electron chi connectivity index (χ1n) is 11.7. The third kappa shape index (κ3) is 4.39. The molecule has 5 nitrogen and oxygen atoms in total. The van der Waals surface area contributed by atoms with E-state index in [0.717, 1.165) is 35.2 Å². The summed E-state index contributed by atoms with van der Waals surface area (Å²) >= 11 is 0. The number of benzene rings is 2. The normalized spacial score (nSPS) is 17.2. The van der Waals surface area contributed by atoms with Crippen LogP contribution >= 0.6 is 0 Å². The third-order valence-corrected chi connectivity index (χ3v) is 6.88. The Hall–Kier alpha value is -3.94. The molecule has 0 spiro atoms. The Kier molecular flexibility index (Phi) is 5.90. The number of anilines is 1. The van der Waals surface area contributed by atoms with Gasteiger partial charge in [-0.1, -0.05) is 31.2 Å². The summed E-state index contributed by atoms with van der Waals surface area (Å²) in [5.41, 5.74) is 9.70. The zero-order chi connectivity index (χ0) is 25.6. The van der Waals surface area contributed by atoms with Gasteiger partial charge in [-0.15, -0.1) is 0 Å². The molecule has 5 rings (SSSR count). The lowest BCUT2D eigenvalue weighted by Gasteiger charge is -2.30. The first-order valence-corrected chi connectivity index (χ1v) is 11.7. The van der Waals surface area contributed by atoms with Crippen LogP contribution in [-0.2, 0) is 12.7 Å². The number of nitrogens with zero attached hydrogens (tertiary/aromatic N) is 3. The van der Waals surface area contributed by atoms with Crippen LogP contribution in [0.2, 0.25) is 0 Å². The number of hydrogen-bond acceptors (Lipinski definition) is 4. The lowest BCUT2D eigenvalue weighted by molar-refractivity contribution is -0.137. The van der Waals surface area contributed by atoms with Crippen LogP contribution in [0.5, 0.6) is 0 Å². The number of amides is 1. The van der Waals surface area contributed by atoms with Crippen molar-refractivity contribution in [1.29, 1.82) is 0 Å². The fourth-order valence-corrected chi connectivity index (χ4v) is 4.93. The predicted octanol–water partition coefficient (Wildman–Crippen LogP) is 6.43. The van der Waals surface area contributed by atoms with E-state index in [1.54, 1.807) is 23.1 Å². The van der Waals surface area contributed by atoms with E-state index < -0.39 is 11.7 Å². The number of aryl methyl sites for hydroxylation is 1. The van der Waals surface area contributed by atoms with Gasteiger partial charge in [0, 0.05) is 17.1 Å². The fourth-order valence-electron chi connectivity index (χ4n) is 4.93. The number of nitrogens with two attached hydrogens (primary N) is 1. The number of alkyl halides is 3. The highest BCUT2D eigenvalue weighted by molar-refractivity contribution is 5.98. The summed E-state index contributed by atoms with van der Waals surface area (Å²) < 4.78 is 39.1. The average Bonchev–Trinajstić information content (AvgIpc) is 3.18. The molecule has 0 radical (unpaired) electrons. The van der Waals surface area contributed by atoms with Gasteiger partial charge in [0.1, 0.15) is 5.82 Å². The van der Waals surface area contributed by atoms with Gasteiger partial charge >= 0.3 is 6.18 Å². The number of hydrogen-bond donors (Lipinski definition) is 1. The molecule has 2 aromatic heterocycles. The number of rotatable bonds is 4. The molecule has 2 aromatic carbocycles. The van der Waals surface area contributed by atoms with E-state index in [1.807, 2.05) is 31.2 Å². The maximum absolute atomic E-state index is 13.9. The maximum Gasteiger partial charge on any atom is 0.417 e. The number of carbonyl (C=O) groups is 1. The monoisotopic (exact) mass is 490 g/mol. The first-order chi connectivity index (χ1) is 17.1. The summed E-state index contributed by atoms with van der Waals surface area (Å²) in [6.07, 6.45) is -2.93. The number of halogens is 3. The van der Waals surface area contributed by atoms with Gasteiger partial charge in [0.25, 0.3) is 5.91 Å². The van der Waals surface area contributed by atoms with Gasteiger partial charge in [0.2, 0.25) is 0 Å². The smallest absolute Gasteiger partial charge is 0.383 e. The highest BCUT2D eigenvalue weighted by Crippen LogP contribution is 2.44. The maximum atomic E-state index is 13.9. The fraction of sp³-hybridized carbons (Fsp3) is 0.250. The molecule has 2 N–H and O–H groups in total. The van der Waals surface area contributed by atoms with Crippen LogP contribution in [0.3, 0.4) is 0 Å². The highest BCUT2D eigenvalue weighted by Gasteiger charge is 2.36. The summed E-state index contributed by atoms with van der Waals surface area (Å²) in [6, 6.07) is 17.3. The van der Waals surface area contributed by atoms with Crippen molar-refractivity contribution in [3.63, 3.8) is 0 Å². The van der Waals surface area contributed by atoms with Crippen LogP contribution < -0.4 is 5.73 Å². The zero-order valence-electron chi connectivity index (χ0n) is 19.9. The lowest BCUT2D eigenvalue weighted by Crippen LogP contribution is -2.34. The quantitative estimate of drug-likeness (QED) is 0.358. The summed E-state index contributed by atoms with van der Waals surface area (Å²) in [5, 5.41) is 0.792. The van der Waals surface area contributed by atoms with Gasteiger partial charge in [0.15, 0.2) is 0 Å². The van der Waals surface area contributed by atoms with Gasteiger partial charge in [-0.2, -0.15) is 13.2 Å². The number of fused-ring (bicyclic) bond motifs is 2. The van der Waals surface area contributed by atoms with E-state index in [4.69, 9.17) is 5.73 Å². The van der Waals surface area contributed by atoms with Crippen molar-refractivity contribution in [3.8, 4) is 0 Å². The van der Waals surface area contributed by atoms with Crippen molar-refractivity contribution in [2.45, 2.75) is 44.9 Å². The van der Waals surface area contributed by atoms with Crippen LogP contribution in [0.15, 0.2) is 66.9 Å². The van der Waals surface area contributed by atoms with Crippen LogP contribution in [0.25, 0.3) is 10.9 Å². The molecular weight excluding hydrogens is 465 g/mol. The van der Waals surface area contributed by atoms with Gasteiger partial charge in [0.05, 0.1) is 29.4 Å². The molecule has 0 bridgehead atoms. The Bertz CT molecular complexity index is 1450. The third-order valence-electron chi connectivity index (χ3n) is 6.88. The van der Waals surface area contributed by atoms with Crippen molar-refractivity contribution < 1.29 is 18.0 Å². The minimum absolute atomic E-state index is 0.0831. The Morgan fingerprint density at radius 2 is 1.83 bits per heavy atom. The Morgan fingerprint density at radius 3 is 2.53 bits per heavy atom. The molecule has 8 heteroatoms. The van der Waals surface area contributed by atoms with Gasteiger partial charge in [-0.25, -0.2) is 4.98 Å². The molecule has 1 amide bonds. The molecule has 36 heavy (non-hydrogen) atoms. The van der Waals surface area contributed by atoms with Gasteiger partial charge in [-0.3, -0.25) is 9.78 Å². The van der Waals surface area contributed by atoms with E-state index in [0.29, 0.717) is 22.6 Å². The highest BCUT2D eigenvalue weighted by atomic mass is 19.4. The summed E-state index contributed by atoms with van der Waals surface area (Å²) in [5.74, 6) is 0.462. The number of aromatic nitrogens is 2. The number of pyridine rings is 2. The zero-order valence-corrected chi connectivity index (χ0v) is 19.9. The van der Waals surface area contributed by atoms with E-state index >= 15 is 0 Å². The Morgan fingerprint density at radius 1 is 1.08 bits per heavy atom. The van der Waals surface area contributed by atoms with E-state index in [2.05, 4.69) is 23.0 Å². The second-order valence-corrected chi connectivity index (χ2v) is 9.35. The number of nitrogen functional groups attached to an aromatic ring is 1. The van der Waals surface area contributed by atoms with Crippen LogP contribution in [0, 0.1) is 6.92 Å². The SMILES string of the molecule is Cc1cc2cc(C(=O)N(Cc3ccc(C(F)(F)F)cn3)C3CC(C)c4ccccc43)ccc2nc1N. The molecular formula is C28H25F3N4O. The van der Waals surface area contributed by atoms with Crippen molar-refractivity contribution in [3.05, 3.63) is 100 Å². The van der Waals surface area contributed by atoms with Gasteiger partial charge < -0.3 is 10.6 Å². The molecule has 1 aliphatic carbocycles. The molecule has 2 atom stereocenters. The molecule has 184 valence electrons. The van der Waals surface area contributed by atoms with Crippen molar-refractivity contribution in [2.75, 3.05) is 5.73 Å². The molecule has 4 aromatic rings. The second kappa shape index (κ2) is 8.93. The second-order valence-electron chi connectivity index (χ2n) is 9.35. The molecule has 0 fully saturated rings. The Balaban J connectivity index is 1.54. The van der Waals surface area contributed by atoms with Crippen molar-refractivity contribution >= 4 is 22.6 Å². The standard InChI is InChI=1S/C28H25F3N4O/c1-16-12-25(23-6-4-3-5-22(16)23)35(15-21-9-8-20(14-33-21)28(29,30)31)27(36)18-7-10-24-19(13-18)11-17(2)26(32)34-24/h3-11,13-14,16,25H,12,15H2,1-2H3,(H2,32,34). The van der Waals surface area contributed by atoms with Crippen LogP contribution in [0.1, 0.15) is 63.6 Å². The molecule has 0 saturated heterocycles. The average molecular weight is 491 g/mol. The first kappa shape index (κ1) is 23.8. The van der Waals surface area contributed by atoms with Crippen LogP contribution in [0.4, 0.5) is 19.0 Å². The van der Waals surface area contributed by atoms with E-state index in [1.165, 1.54) is 11.6 Å². The predicted molar refractivity (Wildman–Crippen MR) is 132 cm³/mol. The topological polar surface area (TPSA) is 72.1 Å². The molecule has 2 heterocycles. The Labute approximate surface area is 206 Å². The lowest BCUT2D eigenvalue weighted by atomic mass is 10.0. The van der Waals surface area contributed by atoms with E-state index in [-0.39, 0.29) is 24.4 Å². The van der Waals surface area contributed by atoms with Gasteiger partial charge in [-0.05, 0) is 72.4 Å². The minimum Gasteiger partial charge on any atom is -0.383 e. The van der Waals surface area contributed by atoms with Crippen molar-refractivity contribution in [2.24, 2.45) is 0 Å². The van der Waals surface area contributed by atoms with Crippen molar-refractivity contribution in [1.82, 2.24) is 14.9 Å². The molecule has 0 saturated carbocycles. The molecule has 2 unspecified atom stereocenters. The van der Waals surface area contributed by atoms with E-state index in [9.17, 15) is 18.0 Å². The molecule has 0 aliphatic heterocycles. The summed E-state index contributed by atoms with van der Waals surface area (Å²) in [4.78, 5) is 24.1. The van der Waals surface area contributed by atoms with Crippen LogP contribution in [-0.4, -0.2) is 20.8 Å². The molecule has 1 aliphatic rings. The minimum atomic E-state index is -4.47. The largest absolute Gasteiger partial charge is 0.417 e. The summed E-state index contributed by atoms with van der Waals surface area (Å²) in [6.45, 7) is 4.06. The number of carbonyl (C=O) groups excluding carboxylic acids is 1.